The Morgan fingerprint density at radius 3 is 2.03 bits per heavy atom. The first-order chi connectivity index (χ1) is 15.5. The van der Waals surface area contributed by atoms with Gasteiger partial charge in [0.1, 0.15) is 11.5 Å². The molecule has 0 spiro atoms. The van der Waals surface area contributed by atoms with Crippen LogP contribution in [0.3, 0.4) is 0 Å². The number of primary amides is 1. The molecule has 32 heavy (non-hydrogen) atoms. The molecule has 1 aliphatic rings. The maximum absolute atomic E-state index is 12.8. The Morgan fingerprint density at radius 1 is 0.938 bits per heavy atom. The van der Waals surface area contributed by atoms with Crippen LogP contribution in [0.15, 0.2) is 48.5 Å². The van der Waals surface area contributed by atoms with Gasteiger partial charge in [-0.15, -0.1) is 0 Å². The lowest BCUT2D eigenvalue weighted by Gasteiger charge is -2.31. The fourth-order valence-corrected chi connectivity index (χ4v) is 3.75. The van der Waals surface area contributed by atoms with E-state index in [4.69, 9.17) is 10.5 Å². The number of likely N-dealkylation sites (tertiary alicyclic amines) is 1. The summed E-state index contributed by atoms with van der Waals surface area (Å²) >= 11 is 0. The predicted octanol–water partition coefficient (Wildman–Crippen LogP) is 3.74. The number of nitrogens with zero attached hydrogens (tertiary/aromatic N) is 1. The largest absolute Gasteiger partial charge is 0.457 e. The SMILES string of the molecule is CCCCCNC(=O)C1CCN(C(=O)c2ccc(Oc3ccc(C(N)=O)cc3)cc2)CC1. The normalized spacial score (nSPS) is 14.1. The quantitative estimate of drug-likeness (QED) is 0.584. The van der Waals surface area contributed by atoms with Gasteiger partial charge < -0.3 is 20.7 Å². The molecule has 2 aromatic rings. The molecule has 1 saturated heterocycles. The smallest absolute Gasteiger partial charge is 0.253 e. The molecule has 3 amide bonds. The molecular weight excluding hydrogens is 406 g/mol. The minimum absolute atomic E-state index is 0.0163. The third kappa shape index (κ3) is 6.33. The number of nitrogens with one attached hydrogen (secondary N) is 1. The van der Waals surface area contributed by atoms with Crippen LogP contribution in [0, 0.1) is 5.92 Å². The van der Waals surface area contributed by atoms with Gasteiger partial charge >= 0.3 is 0 Å². The number of hydrogen-bond donors (Lipinski definition) is 2. The topological polar surface area (TPSA) is 102 Å². The Kier molecular flexibility index (Phi) is 8.25. The molecule has 7 heteroatoms. The second-order valence-corrected chi connectivity index (χ2v) is 8.08. The fourth-order valence-electron chi connectivity index (χ4n) is 3.75. The van der Waals surface area contributed by atoms with Crippen molar-refractivity contribution in [1.29, 1.82) is 0 Å². The van der Waals surface area contributed by atoms with E-state index >= 15 is 0 Å². The molecule has 1 aliphatic heterocycles. The van der Waals surface area contributed by atoms with Gasteiger partial charge in [0.2, 0.25) is 11.8 Å². The average Bonchev–Trinajstić information content (AvgIpc) is 2.82. The maximum atomic E-state index is 12.8. The average molecular weight is 438 g/mol. The van der Waals surface area contributed by atoms with Crippen LogP contribution in [0.1, 0.15) is 59.7 Å². The summed E-state index contributed by atoms with van der Waals surface area (Å²) < 4.78 is 5.76. The summed E-state index contributed by atoms with van der Waals surface area (Å²) in [7, 11) is 0. The number of nitrogens with two attached hydrogens (primary N) is 1. The van der Waals surface area contributed by atoms with E-state index in [-0.39, 0.29) is 17.7 Å². The molecule has 0 bridgehead atoms. The highest BCUT2D eigenvalue weighted by molar-refractivity contribution is 5.94. The van der Waals surface area contributed by atoms with Crippen LogP contribution in [-0.4, -0.2) is 42.3 Å². The molecule has 170 valence electrons. The summed E-state index contributed by atoms with van der Waals surface area (Å²) in [5.74, 6) is 0.729. The van der Waals surface area contributed by atoms with Crippen molar-refractivity contribution in [1.82, 2.24) is 10.2 Å². The van der Waals surface area contributed by atoms with E-state index in [1.54, 1.807) is 53.4 Å². The highest BCUT2D eigenvalue weighted by atomic mass is 16.5. The first-order valence-electron chi connectivity index (χ1n) is 11.2. The van der Waals surface area contributed by atoms with Gasteiger partial charge in [0.05, 0.1) is 0 Å². The lowest BCUT2D eigenvalue weighted by Crippen LogP contribution is -2.43. The van der Waals surface area contributed by atoms with E-state index in [2.05, 4.69) is 12.2 Å². The summed E-state index contributed by atoms with van der Waals surface area (Å²) in [4.78, 5) is 38.1. The van der Waals surface area contributed by atoms with Gasteiger partial charge in [0, 0.05) is 36.7 Å². The maximum Gasteiger partial charge on any atom is 0.253 e. The van der Waals surface area contributed by atoms with Crippen LogP contribution in [0.5, 0.6) is 11.5 Å². The highest BCUT2D eigenvalue weighted by Crippen LogP contribution is 2.24. The fraction of sp³-hybridized carbons (Fsp3) is 0.400. The number of carbonyl (C=O) groups excluding carboxylic acids is 3. The van der Waals surface area contributed by atoms with Gasteiger partial charge in [-0.1, -0.05) is 19.8 Å². The minimum atomic E-state index is -0.490. The lowest BCUT2D eigenvalue weighted by molar-refractivity contribution is -0.126. The molecule has 0 saturated carbocycles. The Bertz CT molecular complexity index is 917. The van der Waals surface area contributed by atoms with E-state index in [1.165, 1.54) is 0 Å². The molecule has 0 aromatic heterocycles. The Morgan fingerprint density at radius 2 is 1.50 bits per heavy atom. The van der Waals surface area contributed by atoms with Crippen LogP contribution in [0.25, 0.3) is 0 Å². The zero-order chi connectivity index (χ0) is 22.9. The second kappa shape index (κ2) is 11.3. The van der Waals surface area contributed by atoms with Gasteiger partial charge in [-0.3, -0.25) is 14.4 Å². The standard InChI is InChI=1S/C25H31N3O4/c1-2-3-4-15-27-24(30)19-13-16-28(17-14-19)25(31)20-7-11-22(12-8-20)32-21-9-5-18(6-10-21)23(26)29/h5-12,19H,2-4,13-17H2,1H3,(H2,26,29)(H,27,30). The van der Waals surface area contributed by atoms with Gasteiger partial charge in [-0.25, -0.2) is 0 Å². The van der Waals surface area contributed by atoms with Crippen molar-refractivity contribution < 1.29 is 19.1 Å². The number of ether oxygens (including phenoxy) is 1. The zero-order valence-corrected chi connectivity index (χ0v) is 18.5. The van der Waals surface area contributed by atoms with Crippen molar-refractivity contribution in [3.8, 4) is 11.5 Å². The molecule has 3 N–H and O–H groups in total. The van der Waals surface area contributed by atoms with Crippen molar-refractivity contribution >= 4 is 17.7 Å². The Hall–Kier alpha value is -3.35. The summed E-state index contributed by atoms with van der Waals surface area (Å²) in [6, 6.07) is 13.5. The van der Waals surface area contributed by atoms with Crippen LogP contribution in [0.4, 0.5) is 0 Å². The van der Waals surface area contributed by atoms with Crippen molar-refractivity contribution in [3.05, 3.63) is 59.7 Å². The van der Waals surface area contributed by atoms with E-state index in [0.717, 1.165) is 25.8 Å². The molecule has 1 fully saturated rings. The molecule has 0 unspecified atom stereocenters. The molecular formula is C25H31N3O4. The van der Waals surface area contributed by atoms with Gasteiger partial charge in [0.15, 0.2) is 0 Å². The van der Waals surface area contributed by atoms with Crippen LogP contribution in [0.2, 0.25) is 0 Å². The van der Waals surface area contributed by atoms with Crippen molar-refractivity contribution in [2.45, 2.75) is 39.0 Å². The van der Waals surface area contributed by atoms with Crippen molar-refractivity contribution in [3.63, 3.8) is 0 Å². The summed E-state index contributed by atoms with van der Waals surface area (Å²) in [6.45, 7) is 4.03. The lowest BCUT2D eigenvalue weighted by atomic mass is 9.95. The minimum Gasteiger partial charge on any atom is -0.457 e. The first-order valence-corrected chi connectivity index (χ1v) is 11.2. The highest BCUT2D eigenvalue weighted by Gasteiger charge is 2.27. The van der Waals surface area contributed by atoms with Crippen LogP contribution < -0.4 is 15.8 Å². The van der Waals surface area contributed by atoms with Crippen molar-refractivity contribution in [2.75, 3.05) is 19.6 Å². The van der Waals surface area contributed by atoms with E-state index < -0.39 is 5.91 Å². The summed E-state index contributed by atoms with van der Waals surface area (Å²) in [5.41, 5.74) is 6.24. The third-order valence-electron chi connectivity index (χ3n) is 5.71. The number of amides is 3. The number of hydrogen-bond acceptors (Lipinski definition) is 4. The number of unbranched alkanes of at least 4 members (excludes halogenated alkanes) is 2. The molecule has 7 nitrogen and oxygen atoms in total. The Labute approximate surface area is 188 Å². The van der Waals surface area contributed by atoms with Crippen LogP contribution in [-0.2, 0) is 4.79 Å². The molecule has 0 radical (unpaired) electrons. The van der Waals surface area contributed by atoms with Gasteiger partial charge in [-0.2, -0.15) is 0 Å². The summed E-state index contributed by atoms with van der Waals surface area (Å²) in [6.07, 6.45) is 4.64. The second-order valence-electron chi connectivity index (χ2n) is 8.08. The summed E-state index contributed by atoms with van der Waals surface area (Å²) in [5, 5.41) is 3.02. The molecule has 0 aliphatic carbocycles. The van der Waals surface area contributed by atoms with Gasteiger partial charge in [0.25, 0.3) is 5.91 Å². The molecule has 1 heterocycles. The monoisotopic (exact) mass is 437 g/mol. The Balaban J connectivity index is 1.48. The number of rotatable bonds is 9. The number of carbonyl (C=O) groups is 3. The molecule has 2 aromatic carbocycles. The van der Waals surface area contributed by atoms with Gasteiger partial charge in [-0.05, 0) is 67.8 Å². The van der Waals surface area contributed by atoms with E-state index in [9.17, 15) is 14.4 Å². The third-order valence-corrected chi connectivity index (χ3v) is 5.71. The first kappa shape index (κ1) is 23.3. The predicted molar refractivity (Wildman–Crippen MR) is 123 cm³/mol. The van der Waals surface area contributed by atoms with Crippen molar-refractivity contribution in [2.24, 2.45) is 11.7 Å². The zero-order valence-electron chi connectivity index (χ0n) is 18.5. The molecule has 0 atom stereocenters. The number of piperidine rings is 1. The van der Waals surface area contributed by atoms with E-state index in [0.29, 0.717) is 48.6 Å². The van der Waals surface area contributed by atoms with Crippen LogP contribution >= 0.6 is 0 Å². The number of benzene rings is 2. The molecule has 3 rings (SSSR count). The van der Waals surface area contributed by atoms with E-state index in [1.807, 2.05) is 0 Å².